The van der Waals surface area contributed by atoms with E-state index in [0.29, 0.717) is 0 Å². The van der Waals surface area contributed by atoms with Crippen molar-refractivity contribution in [3.05, 3.63) is 101 Å². The van der Waals surface area contributed by atoms with Gasteiger partial charge < -0.3 is 0 Å². The van der Waals surface area contributed by atoms with Crippen molar-refractivity contribution in [3.63, 3.8) is 0 Å². The van der Waals surface area contributed by atoms with Crippen LogP contribution in [0.3, 0.4) is 0 Å². The molecule has 2 aliphatic rings. The number of non-ortho nitro benzene ring substituents is 1. The van der Waals surface area contributed by atoms with Crippen LogP contribution in [-0.2, 0) is 14.4 Å². The van der Waals surface area contributed by atoms with Crippen LogP contribution < -0.4 is 9.96 Å². The number of nitro benzene ring substituents is 1. The van der Waals surface area contributed by atoms with Gasteiger partial charge in [-0.05, 0) is 29.8 Å². The molecular formula is C23H17N3O5. The van der Waals surface area contributed by atoms with Crippen LogP contribution >= 0.6 is 0 Å². The Morgan fingerprint density at radius 2 is 1.39 bits per heavy atom. The number of hydroxylamine groups is 1. The zero-order chi connectivity index (χ0) is 21.5. The molecule has 0 saturated carbocycles. The van der Waals surface area contributed by atoms with Gasteiger partial charge in [0, 0.05) is 12.1 Å². The molecule has 0 spiro atoms. The second kappa shape index (κ2) is 7.33. The van der Waals surface area contributed by atoms with Crippen LogP contribution in [-0.4, -0.2) is 22.8 Å². The molecule has 2 saturated heterocycles. The summed E-state index contributed by atoms with van der Waals surface area (Å²) < 4.78 is 0. The van der Waals surface area contributed by atoms with Gasteiger partial charge in [-0.3, -0.25) is 24.5 Å². The summed E-state index contributed by atoms with van der Waals surface area (Å²) in [5, 5.41) is 12.6. The van der Waals surface area contributed by atoms with Crippen LogP contribution in [0.15, 0.2) is 84.9 Å². The fourth-order valence-corrected chi connectivity index (χ4v) is 4.18. The Morgan fingerprint density at radius 1 is 0.774 bits per heavy atom. The summed E-state index contributed by atoms with van der Waals surface area (Å²) in [5.74, 6) is -1.62. The first-order valence-corrected chi connectivity index (χ1v) is 9.74. The summed E-state index contributed by atoms with van der Waals surface area (Å²) >= 11 is 0. The topological polar surface area (TPSA) is 93.0 Å². The van der Waals surface area contributed by atoms with Crippen molar-refractivity contribution in [3.8, 4) is 0 Å². The Hall–Kier alpha value is -4.04. The number of hydrogen-bond donors (Lipinski definition) is 0. The van der Waals surface area contributed by atoms with Crippen LogP contribution in [0.4, 0.5) is 17.1 Å². The van der Waals surface area contributed by atoms with E-state index in [1.54, 1.807) is 5.06 Å². The van der Waals surface area contributed by atoms with Crippen molar-refractivity contribution in [1.29, 1.82) is 0 Å². The fourth-order valence-electron chi connectivity index (χ4n) is 4.18. The first kappa shape index (κ1) is 19.0. The van der Waals surface area contributed by atoms with Gasteiger partial charge in [-0.25, -0.2) is 9.96 Å². The zero-order valence-corrected chi connectivity index (χ0v) is 16.2. The zero-order valence-electron chi connectivity index (χ0n) is 16.2. The molecule has 154 valence electrons. The first-order chi connectivity index (χ1) is 15.1. The Bertz CT molecular complexity index is 1150. The molecule has 2 fully saturated rings. The van der Waals surface area contributed by atoms with Crippen molar-refractivity contribution >= 4 is 28.9 Å². The monoisotopic (exact) mass is 415 g/mol. The summed E-state index contributed by atoms with van der Waals surface area (Å²) in [6.07, 6.45) is -0.979. The lowest BCUT2D eigenvalue weighted by Crippen LogP contribution is -2.37. The van der Waals surface area contributed by atoms with Gasteiger partial charge in [-0.15, -0.1) is 0 Å². The lowest BCUT2D eigenvalue weighted by atomic mass is 9.90. The average molecular weight is 415 g/mol. The molecule has 2 amide bonds. The largest absolute Gasteiger partial charge is 0.273 e. The van der Waals surface area contributed by atoms with E-state index in [9.17, 15) is 19.7 Å². The van der Waals surface area contributed by atoms with Gasteiger partial charge >= 0.3 is 0 Å². The van der Waals surface area contributed by atoms with Crippen molar-refractivity contribution in [2.24, 2.45) is 5.92 Å². The van der Waals surface area contributed by atoms with E-state index >= 15 is 0 Å². The second-order valence-corrected chi connectivity index (χ2v) is 7.35. The van der Waals surface area contributed by atoms with Crippen LogP contribution in [0.5, 0.6) is 0 Å². The number of carbonyl (C=O) groups excluding carboxylic acids is 2. The van der Waals surface area contributed by atoms with E-state index in [-0.39, 0.29) is 11.4 Å². The minimum Gasteiger partial charge on any atom is -0.273 e. The maximum Gasteiger partial charge on any atom is 0.269 e. The average Bonchev–Trinajstić information content (AvgIpc) is 3.31. The number of para-hydroxylation sites is 1. The summed E-state index contributed by atoms with van der Waals surface area (Å²) in [6, 6.07) is 23.6. The summed E-state index contributed by atoms with van der Waals surface area (Å²) in [7, 11) is 0. The Kier molecular flexibility index (Phi) is 4.48. The highest BCUT2D eigenvalue weighted by Gasteiger charge is 2.60. The van der Waals surface area contributed by atoms with Gasteiger partial charge in [0.1, 0.15) is 5.92 Å². The van der Waals surface area contributed by atoms with Gasteiger partial charge in [0.25, 0.3) is 11.6 Å². The first-order valence-electron chi connectivity index (χ1n) is 9.74. The van der Waals surface area contributed by atoms with Gasteiger partial charge in [-0.2, -0.15) is 0 Å². The van der Waals surface area contributed by atoms with E-state index in [1.165, 1.54) is 24.3 Å². The van der Waals surface area contributed by atoms with Gasteiger partial charge in [0.2, 0.25) is 5.91 Å². The number of imide groups is 1. The molecule has 31 heavy (non-hydrogen) atoms. The molecule has 0 N–H and O–H groups in total. The third-order valence-electron chi connectivity index (χ3n) is 5.59. The number of amides is 2. The molecule has 0 bridgehead atoms. The molecule has 2 aliphatic heterocycles. The number of hydrogen-bond acceptors (Lipinski definition) is 6. The number of benzene rings is 3. The number of nitrogens with zero attached hydrogens (tertiary/aromatic N) is 3. The highest BCUT2D eigenvalue weighted by molar-refractivity contribution is 6.23. The second-order valence-electron chi connectivity index (χ2n) is 7.35. The van der Waals surface area contributed by atoms with Crippen LogP contribution in [0.2, 0.25) is 0 Å². The smallest absolute Gasteiger partial charge is 0.269 e. The van der Waals surface area contributed by atoms with Crippen LogP contribution in [0, 0.1) is 16.0 Å². The molecule has 8 nitrogen and oxygen atoms in total. The molecule has 2 heterocycles. The van der Waals surface area contributed by atoms with Crippen molar-refractivity contribution in [2.45, 2.75) is 12.1 Å². The van der Waals surface area contributed by atoms with Gasteiger partial charge in [0.15, 0.2) is 6.10 Å². The molecule has 3 aromatic rings. The van der Waals surface area contributed by atoms with E-state index in [1.807, 2.05) is 60.7 Å². The summed E-state index contributed by atoms with van der Waals surface area (Å²) in [4.78, 5) is 44.1. The number of nitro groups is 1. The predicted molar refractivity (Wildman–Crippen MR) is 112 cm³/mol. The standard InChI is InChI=1S/C23H17N3O5/c27-22-19-20(15-7-3-1-4-8-15)25(17-9-5-2-6-10-17)31-21(19)23(28)24(22)16-11-13-18(14-12-16)26(29)30/h1-14,19-21H. The van der Waals surface area contributed by atoms with E-state index in [4.69, 9.17) is 4.84 Å². The lowest BCUT2D eigenvalue weighted by molar-refractivity contribution is -0.384. The molecule has 3 aromatic carbocycles. The maximum atomic E-state index is 13.4. The van der Waals surface area contributed by atoms with Crippen molar-refractivity contribution in [1.82, 2.24) is 0 Å². The number of fused-ring (bicyclic) bond motifs is 1. The quantitative estimate of drug-likeness (QED) is 0.367. The van der Waals surface area contributed by atoms with Gasteiger partial charge in [0.05, 0.1) is 22.3 Å². The Labute approximate surface area is 177 Å². The Morgan fingerprint density at radius 3 is 2.00 bits per heavy atom. The van der Waals surface area contributed by atoms with Crippen LogP contribution in [0.25, 0.3) is 0 Å². The molecule has 3 atom stereocenters. The third kappa shape index (κ3) is 3.04. The van der Waals surface area contributed by atoms with Crippen molar-refractivity contribution in [2.75, 3.05) is 9.96 Å². The predicted octanol–water partition coefficient (Wildman–Crippen LogP) is 3.65. The van der Waals surface area contributed by atoms with Gasteiger partial charge in [-0.1, -0.05) is 48.5 Å². The molecule has 0 aromatic heterocycles. The van der Waals surface area contributed by atoms with Crippen molar-refractivity contribution < 1.29 is 19.3 Å². The highest BCUT2D eigenvalue weighted by Crippen LogP contribution is 2.47. The lowest BCUT2D eigenvalue weighted by Gasteiger charge is -2.28. The summed E-state index contributed by atoms with van der Waals surface area (Å²) in [6.45, 7) is 0. The normalized spacial score (nSPS) is 22.6. The minimum absolute atomic E-state index is 0.114. The van der Waals surface area contributed by atoms with E-state index in [0.717, 1.165) is 16.2 Å². The van der Waals surface area contributed by atoms with E-state index in [2.05, 4.69) is 0 Å². The highest BCUT2D eigenvalue weighted by atomic mass is 16.7. The number of carbonyl (C=O) groups is 2. The van der Waals surface area contributed by atoms with Crippen LogP contribution in [0.1, 0.15) is 11.6 Å². The number of anilines is 2. The van der Waals surface area contributed by atoms with E-state index < -0.39 is 34.8 Å². The molecule has 8 heteroatoms. The summed E-state index contributed by atoms with van der Waals surface area (Å²) in [5.41, 5.74) is 1.77. The maximum absolute atomic E-state index is 13.4. The SMILES string of the molecule is O=C1C2ON(c3ccccc3)C(c3ccccc3)C2C(=O)N1c1ccc([N+](=O)[O-])cc1. The third-order valence-corrected chi connectivity index (χ3v) is 5.59. The molecular weight excluding hydrogens is 398 g/mol. The molecule has 0 aliphatic carbocycles. The molecule has 5 rings (SSSR count). The Balaban J connectivity index is 1.54. The number of rotatable bonds is 4. The molecule has 0 radical (unpaired) electrons. The molecule has 3 unspecified atom stereocenters. The minimum atomic E-state index is -0.979. The fraction of sp³-hybridized carbons (Fsp3) is 0.130.